The van der Waals surface area contributed by atoms with Crippen molar-refractivity contribution in [1.29, 1.82) is 0 Å². The van der Waals surface area contributed by atoms with Gasteiger partial charge >= 0.3 is 0 Å². The normalized spacial score (nSPS) is 23.6. The summed E-state index contributed by atoms with van der Waals surface area (Å²) in [6.45, 7) is 4.77. The van der Waals surface area contributed by atoms with E-state index >= 15 is 0 Å². The maximum absolute atomic E-state index is 12.1. The third kappa shape index (κ3) is 4.00. The van der Waals surface area contributed by atoms with Crippen LogP contribution in [0.2, 0.25) is 5.02 Å². The van der Waals surface area contributed by atoms with Crippen molar-refractivity contribution in [2.75, 3.05) is 32.8 Å². The van der Waals surface area contributed by atoms with Gasteiger partial charge in [-0.1, -0.05) is 17.7 Å². The SMILES string of the molecule is O=C(NCC1CCN([C@H]2CCOC2)CC1)c1cccc(Cl)c1. The van der Waals surface area contributed by atoms with Crippen molar-refractivity contribution >= 4 is 17.5 Å². The Balaban J connectivity index is 1.42. The fourth-order valence-electron chi connectivity index (χ4n) is 3.30. The van der Waals surface area contributed by atoms with Crippen LogP contribution in [0.4, 0.5) is 0 Å². The van der Waals surface area contributed by atoms with Crippen LogP contribution in [0.5, 0.6) is 0 Å². The number of ether oxygens (including phenoxy) is 1. The molecule has 1 aromatic rings. The van der Waals surface area contributed by atoms with Gasteiger partial charge in [-0.2, -0.15) is 0 Å². The van der Waals surface area contributed by atoms with Crippen molar-refractivity contribution < 1.29 is 9.53 Å². The first-order chi connectivity index (χ1) is 10.7. The van der Waals surface area contributed by atoms with Gasteiger partial charge in [0.15, 0.2) is 0 Å². The zero-order valence-electron chi connectivity index (χ0n) is 12.8. The summed E-state index contributed by atoms with van der Waals surface area (Å²) in [4.78, 5) is 14.7. The lowest BCUT2D eigenvalue weighted by Gasteiger charge is -2.35. The van der Waals surface area contributed by atoms with E-state index in [4.69, 9.17) is 16.3 Å². The van der Waals surface area contributed by atoms with Crippen LogP contribution in [0, 0.1) is 5.92 Å². The maximum Gasteiger partial charge on any atom is 0.251 e. The fraction of sp³-hybridized carbons (Fsp3) is 0.588. The topological polar surface area (TPSA) is 41.6 Å². The number of carbonyl (C=O) groups is 1. The number of nitrogens with one attached hydrogen (secondary N) is 1. The molecule has 4 nitrogen and oxygen atoms in total. The van der Waals surface area contributed by atoms with Gasteiger partial charge in [0.25, 0.3) is 5.91 Å². The van der Waals surface area contributed by atoms with Gasteiger partial charge in [-0.05, 0) is 56.5 Å². The monoisotopic (exact) mass is 322 g/mol. The van der Waals surface area contributed by atoms with Gasteiger partial charge in [-0.3, -0.25) is 9.69 Å². The van der Waals surface area contributed by atoms with Gasteiger partial charge < -0.3 is 10.1 Å². The number of amides is 1. The highest BCUT2D eigenvalue weighted by atomic mass is 35.5. The molecule has 0 spiro atoms. The van der Waals surface area contributed by atoms with Crippen LogP contribution in [-0.2, 0) is 4.74 Å². The van der Waals surface area contributed by atoms with E-state index in [2.05, 4.69) is 10.2 Å². The highest BCUT2D eigenvalue weighted by molar-refractivity contribution is 6.30. The van der Waals surface area contributed by atoms with Gasteiger partial charge in [-0.25, -0.2) is 0 Å². The minimum Gasteiger partial charge on any atom is -0.380 e. The van der Waals surface area contributed by atoms with E-state index in [9.17, 15) is 4.79 Å². The van der Waals surface area contributed by atoms with Crippen molar-refractivity contribution in [2.24, 2.45) is 5.92 Å². The molecular weight excluding hydrogens is 300 g/mol. The standard InChI is InChI=1S/C17H23ClN2O2/c18-15-3-1-2-14(10-15)17(21)19-11-13-4-7-20(8-5-13)16-6-9-22-12-16/h1-3,10,13,16H,4-9,11-12H2,(H,19,21)/t16-/m0/s1. The number of likely N-dealkylation sites (tertiary alicyclic amines) is 1. The molecule has 2 aliphatic rings. The van der Waals surface area contributed by atoms with Crippen LogP contribution >= 0.6 is 11.6 Å². The smallest absolute Gasteiger partial charge is 0.251 e. The molecule has 1 amide bonds. The predicted molar refractivity (Wildman–Crippen MR) is 87.3 cm³/mol. The third-order valence-corrected chi connectivity index (χ3v) is 4.94. The second-order valence-corrected chi connectivity index (χ2v) is 6.65. The summed E-state index contributed by atoms with van der Waals surface area (Å²) in [5, 5.41) is 3.64. The number of piperidine rings is 1. The molecule has 3 rings (SSSR count). The summed E-state index contributed by atoms with van der Waals surface area (Å²) < 4.78 is 5.47. The first-order valence-electron chi connectivity index (χ1n) is 8.08. The van der Waals surface area contributed by atoms with Gasteiger partial charge in [0.2, 0.25) is 0 Å². The zero-order chi connectivity index (χ0) is 15.4. The molecule has 2 saturated heterocycles. The van der Waals surface area contributed by atoms with E-state index in [1.165, 1.54) is 0 Å². The summed E-state index contributed by atoms with van der Waals surface area (Å²) in [5.74, 6) is 0.538. The van der Waals surface area contributed by atoms with Crippen LogP contribution in [0.1, 0.15) is 29.6 Å². The quantitative estimate of drug-likeness (QED) is 0.926. The molecule has 2 aliphatic heterocycles. The molecule has 1 N–H and O–H groups in total. The summed E-state index contributed by atoms with van der Waals surface area (Å²) in [6.07, 6.45) is 3.45. The Hall–Kier alpha value is -1.10. The fourth-order valence-corrected chi connectivity index (χ4v) is 3.49. The Morgan fingerprint density at radius 3 is 2.82 bits per heavy atom. The molecule has 0 unspecified atom stereocenters. The van der Waals surface area contributed by atoms with Gasteiger partial charge in [-0.15, -0.1) is 0 Å². The number of halogens is 1. The second-order valence-electron chi connectivity index (χ2n) is 6.22. The van der Waals surface area contributed by atoms with Crippen molar-refractivity contribution in [3.05, 3.63) is 34.9 Å². The maximum atomic E-state index is 12.1. The first-order valence-corrected chi connectivity index (χ1v) is 8.46. The predicted octanol–water partition coefficient (Wildman–Crippen LogP) is 2.57. The largest absolute Gasteiger partial charge is 0.380 e. The molecule has 120 valence electrons. The van der Waals surface area contributed by atoms with E-state index in [0.29, 0.717) is 22.5 Å². The molecule has 0 aromatic heterocycles. The van der Waals surface area contributed by atoms with Crippen LogP contribution in [0.3, 0.4) is 0 Å². The lowest BCUT2D eigenvalue weighted by Crippen LogP contribution is -2.43. The Morgan fingerprint density at radius 1 is 1.32 bits per heavy atom. The lowest BCUT2D eigenvalue weighted by molar-refractivity contribution is 0.0911. The number of carbonyl (C=O) groups excluding carboxylic acids is 1. The summed E-state index contributed by atoms with van der Waals surface area (Å²) in [6, 6.07) is 7.70. The number of hydrogen-bond donors (Lipinski definition) is 1. The molecule has 0 saturated carbocycles. The van der Waals surface area contributed by atoms with E-state index in [-0.39, 0.29) is 5.91 Å². The Kier molecular flexibility index (Phi) is 5.34. The Labute approximate surface area is 136 Å². The lowest BCUT2D eigenvalue weighted by atomic mass is 9.95. The number of benzene rings is 1. The molecule has 0 bridgehead atoms. The minimum absolute atomic E-state index is 0.0332. The Morgan fingerprint density at radius 2 is 2.14 bits per heavy atom. The highest BCUT2D eigenvalue weighted by Gasteiger charge is 2.27. The first kappa shape index (κ1) is 15.8. The second kappa shape index (κ2) is 7.44. The minimum atomic E-state index is -0.0332. The van der Waals surface area contributed by atoms with E-state index in [0.717, 1.165) is 52.1 Å². The van der Waals surface area contributed by atoms with Gasteiger partial charge in [0.1, 0.15) is 0 Å². The van der Waals surface area contributed by atoms with Crippen LogP contribution in [0.25, 0.3) is 0 Å². The summed E-state index contributed by atoms with van der Waals surface area (Å²) in [5.41, 5.74) is 0.632. The molecule has 22 heavy (non-hydrogen) atoms. The molecule has 2 fully saturated rings. The zero-order valence-corrected chi connectivity index (χ0v) is 13.5. The van der Waals surface area contributed by atoms with Crippen molar-refractivity contribution in [1.82, 2.24) is 10.2 Å². The average Bonchev–Trinajstić information content (AvgIpc) is 3.07. The summed E-state index contributed by atoms with van der Waals surface area (Å²) in [7, 11) is 0. The van der Waals surface area contributed by atoms with E-state index < -0.39 is 0 Å². The van der Waals surface area contributed by atoms with Crippen LogP contribution in [0.15, 0.2) is 24.3 Å². The molecule has 2 heterocycles. The number of hydrogen-bond acceptors (Lipinski definition) is 3. The number of rotatable bonds is 4. The Bertz CT molecular complexity index is 509. The molecule has 1 atom stereocenters. The summed E-state index contributed by atoms with van der Waals surface area (Å²) >= 11 is 5.92. The molecule has 1 aromatic carbocycles. The average molecular weight is 323 g/mol. The van der Waals surface area contributed by atoms with Crippen molar-refractivity contribution in [3.63, 3.8) is 0 Å². The molecule has 0 radical (unpaired) electrons. The van der Waals surface area contributed by atoms with E-state index in [1.807, 2.05) is 0 Å². The van der Waals surface area contributed by atoms with Crippen LogP contribution in [-0.4, -0.2) is 49.7 Å². The van der Waals surface area contributed by atoms with E-state index in [1.54, 1.807) is 24.3 Å². The number of nitrogens with zero attached hydrogens (tertiary/aromatic N) is 1. The molecule has 0 aliphatic carbocycles. The highest BCUT2D eigenvalue weighted by Crippen LogP contribution is 2.22. The van der Waals surface area contributed by atoms with Crippen LogP contribution < -0.4 is 5.32 Å². The van der Waals surface area contributed by atoms with Gasteiger partial charge in [0.05, 0.1) is 6.61 Å². The van der Waals surface area contributed by atoms with Crippen molar-refractivity contribution in [2.45, 2.75) is 25.3 Å². The molecular formula is C17H23ClN2O2. The molecule has 5 heteroatoms. The third-order valence-electron chi connectivity index (χ3n) is 4.71. The van der Waals surface area contributed by atoms with Gasteiger partial charge in [0, 0.05) is 29.8 Å². The van der Waals surface area contributed by atoms with Crippen molar-refractivity contribution in [3.8, 4) is 0 Å².